The van der Waals surface area contributed by atoms with Crippen molar-refractivity contribution in [2.75, 3.05) is 13.1 Å². The van der Waals surface area contributed by atoms with Gasteiger partial charge in [-0.2, -0.15) is 0 Å². The summed E-state index contributed by atoms with van der Waals surface area (Å²) in [6.45, 7) is 1.34. The molecule has 1 aliphatic carbocycles. The van der Waals surface area contributed by atoms with Crippen molar-refractivity contribution in [1.29, 1.82) is 0 Å². The highest BCUT2D eigenvalue weighted by Crippen LogP contribution is 2.31. The van der Waals surface area contributed by atoms with Gasteiger partial charge in [0.15, 0.2) is 0 Å². The Morgan fingerprint density at radius 3 is 2.73 bits per heavy atom. The van der Waals surface area contributed by atoms with Crippen LogP contribution in [0.5, 0.6) is 0 Å². The number of rotatable bonds is 2. The fourth-order valence-corrected chi connectivity index (χ4v) is 3.21. The fourth-order valence-electron chi connectivity index (χ4n) is 2.60. The van der Waals surface area contributed by atoms with Crippen molar-refractivity contribution in [3.8, 4) is 0 Å². The smallest absolute Gasteiger partial charge is 0.236 e. The third-order valence-electron chi connectivity index (χ3n) is 3.48. The fraction of sp³-hybridized carbons (Fsp3) is 0.909. The van der Waals surface area contributed by atoms with E-state index in [-0.39, 0.29) is 10.7 Å². The Kier molecular flexibility index (Phi) is 3.36. The Bertz CT molecular complexity index is 251. The summed E-state index contributed by atoms with van der Waals surface area (Å²) < 4.78 is 0. The minimum absolute atomic E-state index is 0.0312. The molecule has 1 atom stereocenters. The molecule has 0 bridgehead atoms. The molecule has 1 amide bonds. The Hall–Kier alpha value is -0.0900. The maximum Gasteiger partial charge on any atom is 0.236 e. The number of hydrogen-bond donors (Lipinski definition) is 1. The van der Waals surface area contributed by atoms with Gasteiger partial charge in [-0.3, -0.25) is 4.79 Å². The molecule has 1 N–H and O–H groups in total. The topological polar surface area (TPSA) is 40.5 Å². The van der Waals surface area contributed by atoms with Crippen LogP contribution in [0.4, 0.5) is 0 Å². The molecule has 2 rings (SSSR count). The lowest BCUT2D eigenvalue weighted by Crippen LogP contribution is -2.49. The van der Waals surface area contributed by atoms with Gasteiger partial charge in [0, 0.05) is 13.1 Å². The average molecular weight is 276 g/mol. The summed E-state index contributed by atoms with van der Waals surface area (Å²) >= 11 is 3.39. The first-order chi connectivity index (χ1) is 7.11. The quantitative estimate of drug-likeness (QED) is 0.779. The standard InChI is InChI=1S/C11H18BrNO2/c12-9-4-3-7-13(10(9)14)8-11(15)5-1-2-6-11/h9,15H,1-8H2. The number of aliphatic hydroxyl groups is 1. The van der Waals surface area contributed by atoms with E-state index in [9.17, 15) is 9.90 Å². The van der Waals surface area contributed by atoms with Crippen molar-refractivity contribution in [3.05, 3.63) is 0 Å². The second-order valence-corrected chi connectivity index (χ2v) is 5.91. The van der Waals surface area contributed by atoms with Crippen LogP contribution < -0.4 is 0 Å². The number of alkyl halides is 1. The molecular formula is C11H18BrNO2. The van der Waals surface area contributed by atoms with Crippen molar-refractivity contribution >= 4 is 21.8 Å². The zero-order chi connectivity index (χ0) is 10.9. The molecule has 1 saturated carbocycles. The van der Waals surface area contributed by atoms with E-state index < -0.39 is 5.60 Å². The third-order valence-corrected chi connectivity index (χ3v) is 4.33. The van der Waals surface area contributed by atoms with Crippen LogP contribution in [0.2, 0.25) is 0 Å². The molecular weight excluding hydrogens is 258 g/mol. The molecule has 3 nitrogen and oxygen atoms in total. The van der Waals surface area contributed by atoms with E-state index in [0.717, 1.165) is 45.1 Å². The number of piperidine rings is 1. The molecule has 15 heavy (non-hydrogen) atoms. The highest BCUT2D eigenvalue weighted by atomic mass is 79.9. The van der Waals surface area contributed by atoms with E-state index in [1.165, 1.54) is 0 Å². The van der Waals surface area contributed by atoms with Crippen molar-refractivity contribution in [1.82, 2.24) is 4.90 Å². The van der Waals surface area contributed by atoms with E-state index >= 15 is 0 Å². The molecule has 0 aromatic rings. The Morgan fingerprint density at radius 2 is 2.07 bits per heavy atom. The predicted octanol–water partition coefficient (Wildman–Crippen LogP) is 1.68. The van der Waals surface area contributed by atoms with E-state index in [4.69, 9.17) is 0 Å². The molecule has 0 radical (unpaired) electrons. The van der Waals surface area contributed by atoms with Crippen LogP contribution in [0.3, 0.4) is 0 Å². The molecule has 2 fully saturated rings. The summed E-state index contributed by atoms with van der Waals surface area (Å²) in [5.41, 5.74) is -0.597. The average Bonchev–Trinajstić information content (AvgIpc) is 2.60. The first kappa shape index (κ1) is 11.4. The summed E-state index contributed by atoms with van der Waals surface area (Å²) in [6.07, 6.45) is 5.85. The van der Waals surface area contributed by atoms with E-state index in [2.05, 4.69) is 15.9 Å². The number of carbonyl (C=O) groups is 1. The van der Waals surface area contributed by atoms with Gasteiger partial charge < -0.3 is 10.0 Å². The summed E-state index contributed by atoms with van der Waals surface area (Å²) in [5.74, 6) is 0.154. The minimum atomic E-state index is -0.597. The van der Waals surface area contributed by atoms with Crippen LogP contribution in [0.15, 0.2) is 0 Å². The van der Waals surface area contributed by atoms with Crippen LogP contribution in [0.1, 0.15) is 38.5 Å². The minimum Gasteiger partial charge on any atom is -0.388 e. The van der Waals surface area contributed by atoms with Crippen LogP contribution in [0.25, 0.3) is 0 Å². The Morgan fingerprint density at radius 1 is 1.40 bits per heavy atom. The Labute approximate surface area is 99.0 Å². The molecule has 2 aliphatic rings. The van der Waals surface area contributed by atoms with Gasteiger partial charge in [-0.25, -0.2) is 0 Å². The number of halogens is 1. The van der Waals surface area contributed by atoms with Crippen molar-refractivity contribution in [2.24, 2.45) is 0 Å². The van der Waals surface area contributed by atoms with Crippen LogP contribution in [-0.4, -0.2) is 39.4 Å². The monoisotopic (exact) mass is 275 g/mol. The second kappa shape index (κ2) is 4.42. The molecule has 4 heteroatoms. The van der Waals surface area contributed by atoms with Crippen molar-refractivity contribution in [3.63, 3.8) is 0 Å². The van der Waals surface area contributed by atoms with Crippen LogP contribution in [0, 0.1) is 0 Å². The molecule has 0 spiro atoms. The van der Waals surface area contributed by atoms with Gasteiger partial charge in [-0.1, -0.05) is 28.8 Å². The zero-order valence-electron chi connectivity index (χ0n) is 8.91. The van der Waals surface area contributed by atoms with Gasteiger partial charge >= 0.3 is 0 Å². The summed E-state index contributed by atoms with van der Waals surface area (Å²) in [6, 6.07) is 0. The second-order valence-electron chi connectivity index (χ2n) is 4.80. The van der Waals surface area contributed by atoms with Crippen molar-refractivity contribution < 1.29 is 9.90 Å². The lowest BCUT2D eigenvalue weighted by Gasteiger charge is -2.35. The first-order valence-corrected chi connectivity index (χ1v) is 6.68. The first-order valence-electron chi connectivity index (χ1n) is 5.76. The number of amides is 1. The van der Waals surface area contributed by atoms with Crippen molar-refractivity contribution in [2.45, 2.75) is 49.0 Å². The molecule has 0 aromatic carbocycles. The Balaban J connectivity index is 1.95. The number of hydrogen-bond acceptors (Lipinski definition) is 2. The van der Waals surface area contributed by atoms with Gasteiger partial charge in [0.05, 0.1) is 10.4 Å². The highest BCUT2D eigenvalue weighted by molar-refractivity contribution is 9.10. The number of likely N-dealkylation sites (tertiary alicyclic amines) is 1. The largest absolute Gasteiger partial charge is 0.388 e. The number of carbonyl (C=O) groups excluding carboxylic acids is 1. The maximum absolute atomic E-state index is 11.8. The third kappa shape index (κ3) is 2.53. The normalized spacial score (nSPS) is 30.9. The van der Waals surface area contributed by atoms with E-state index in [1.807, 2.05) is 4.90 Å². The predicted molar refractivity (Wildman–Crippen MR) is 61.9 cm³/mol. The van der Waals surface area contributed by atoms with Gasteiger partial charge in [0.2, 0.25) is 5.91 Å². The van der Waals surface area contributed by atoms with Crippen LogP contribution in [-0.2, 0) is 4.79 Å². The highest BCUT2D eigenvalue weighted by Gasteiger charge is 2.36. The lowest BCUT2D eigenvalue weighted by molar-refractivity contribution is -0.136. The van der Waals surface area contributed by atoms with Gasteiger partial charge in [-0.05, 0) is 25.7 Å². The lowest BCUT2D eigenvalue weighted by atomic mass is 10.00. The maximum atomic E-state index is 11.8. The number of nitrogens with zero attached hydrogens (tertiary/aromatic N) is 1. The summed E-state index contributed by atoms with van der Waals surface area (Å²) in [4.78, 5) is 13.6. The van der Waals surface area contributed by atoms with Gasteiger partial charge in [-0.15, -0.1) is 0 Å². The molecule has 1 saturated heterocycles. The summed E-state index contributed by atoms with van der Waals surface area (Å²) in [5, 5.41) is 10.2. The van der Waals surface area contributed by atoms with Gasteiger partial charge in [0.1, 0.15) is 0 Å². The van der Waals surface area contributed by atoms with Crippen LogP contribution >= 0.6 is 15.9 Å². The molecule has 0 aromatic heterocycles. The molecule has 1 unspecified atom stereocenters. The van der Waals surface area contributed by atoms with Gasteiger partial charge in [0.25, 0.3) is 0 Å². The van der Waals surface area contributed by atoms with E-state index in [0.29, 0.717) is 6.54 Å². The molecule has 1 aliphatic heterocycles. The van der Waals surface area contributed by atoms with E-state index in [1.54, 1.807) is 0 Å². The molecule has 1 heterocycles. The zero-order valence-corrected chi connectivity index (χ0v) is 10.5. The number of β-amino-alcohol motifs (C(OH)–C–C–N with tert-alkyl or cyclic N) is 1. The summed E-state index contributed by atoms with van der Waals surface area (Å²) in [7, 11) is 0. The SMILES string of the molecule is O=C1C(Br)CCCN1CC1(O)CCCC1. The molecule has 86 valence electrons.